The zero-order chi connectivity index (χ0) is 13.3. The van der Waals surface area contributed by atoms with Crippen molar-refractivity contribution >= 4 is 11.3 Å². The number of ether oxygens (including phenoxy) is 1. The molecule has 1 N–H and O–H groups in total. The van der Waals surface area contributed by atoms with Gasteiger partial charge in [-0.3, -0.25) is 0 Å². The second kappa shape index (κ2) is 5.55. The first kappa shape index (κ1) is 13.6. The Bertz CT molecular complexity index is 399. The van der Waals surface area contributed by atoms with Gasteiger partial charge in [-0.25, -0.2) is 0 Å². The van der Waals surface area contributed by atoms with Gasteiger partial charge in [-0.05, 0) is 51.0 Å². The minimum Gasteiger partial charge on any atom is -0.378 e. The zero-order valence-electron chi connectivity index (χ0n) is 12.0. The van der Waals surface area contributed by atoms with Crippen molar-refractivity contribution in [2.24, 2.45) is 5.41 Å². The van der Waals surface area contributed by atoms with Crippen LogP contribution in [0.25, 0.3) is 0 Å². The lowest BCUT2D eigenvalue weighted by Gasteiger charge is -2.61. The molecule has 1 aromatic rings. The molecule has 2 aliphatic carbocycles. The van der Waals surface area contributed by atoms with Crippen molar-refractivity contribution in [1.82, 2.24) is 5.32 Å². The maximum atomic E-state index is 5.92. The van der Waals surface area contributed by atoms with Crippen LogP contribution in [0.3, 0.4) is 0 Å². The molecule has 0 bridgehead atoms. The van der Waals surface area contributed by atoms with Gasteiger partial charge in [-0.1, -0.05) is 12.5 Å². The van der Waals surface area contributed by atoms with Crippen molar-refractivity contribution < 1.29 is 4.74 Å². The quantitative estimate of drug-likeness (QED) is 0.859. The number of nitrogens with one attached hydrogen (secondary N) is 1. The van der Waals surface area contributed by atoms with Crippen LogP contribution in [0.1, 0.15) is 44.4 Å². The molecule has 2 fully saturated rings. The van der Waals surface area contributed by atoms with E-state index in [1.54, 1.807) is 0 Å². The third-order valence-corrected chi connectivity index (χ3v) is 5.91. The Balaban J connectivity index is 1.53. The fourth-order valence-corrected chi connectivity index (χ4v) is 4.64. The average Bonchev–Trinajstić information content (AvgIpc) is 2.78. The van der Waals surface area contributed by atoms with Crippen LogP contribution in [0.5, 0.6) is 0 Å². The van der Waals surface area contributed by atoms with Crippen LogP contribution in [0.15, 0.2) is 17.5 Å². The van der Waals surface area contributed by atoms with Crippen LogP contribution in [0.4, 0.5) is 0 Å². The Hall–Kier alpha value is -0.380. The topological polar surface area (TPSA) is 21.3 Å². The van der Waals surface area contributed by atoms with Crippen LogP contribution in [0.2, 0.25) is 0 Å². The van der Waals surface area contributed by atoms with Crippen molar-refractivity contribution in [3.8, 4) is 0 Å². The maximum Gasteiger partial charge on any atom is 0.0661 e. The molecule has 2 saturated carbocycles. The molecular formula is C16H25NOS. The predicted molar refractivity (Wildman–Crippen MR) is 80.7 cm³/mol. The van der Waals surface area contributed by atoms with Gasteiger partial charge in [0.15, 0.2) is 0 Å². The molecule has 0 amide bonds. The summed E-state index contributed by atoms with van der Waals surface area (Å²) in [7, 11) is 0. The van der Waals surface area contributed by atoms with Crippen molar-refractivity contribution in [1.29, 1.82) is 0 Å². The Morgan fingerprint density at radius 3 is 2.95 bits per heavy atom. The average molecular weight is 279 g/mol. The van der Waals surface area contributed by atoms with Crippen LogP contribution < -0.4 is 5.32 Å². The molecule has 3 atom stereocenters. The zero-order valence-corrected chi connectivity index (χ0v) is 12.8. The minimum atomic E-state index is 0.486. The van der Waals surface area contributed by atoms with E-state index in [9.17, 15) is 0 Å². The van der Waals surface area contributed by atoms with Crippen LogP contribution in [-0.4, -0.2) is 24.8 Å². The summed E-state index contributed by atoms with van der Waals surface area (Å²) in [5.41, 5.74) is 0.486. The Labute approximate surface area is 120 Å². The lowest BCUT2D eigenvalue weighted by molar-refractivity contribution is -0.174. The van der Waals surface area contributed by atoms with Gasteiger partial charge in [0, 0.05) is 29.0 Å². The largest absolute Gasteiger partial charge is 0.378 e. The summed E-state index contributed by atoms with van der Waals surface area (Å²) in [5, 5.41) is 6.03. The van der Waals surface area contributed by atoms with Gasteiger partial charge in [0.25, 0.3) is 0 Å². The molecule has 2 aliphatic rings. The lowest BCUT2D eigenvalue weighted by atomic mass is 9.51. The SMILES string of the molecule is CCOC1CC(NC(C)Cc2cccs2)C12CCC2. The maximum absolute atomic E-state index is 5.92. The lowest BCUT2D eigenvalue weighted by Crippen LogP contribution is -2.68. The van der Waals surface area contributed by atoms with E-state index in [1.165, 1.54) is 30.6 Å². The highest BCUT2D eigenvalue weighted by Gasteiger charge is 2.58. The van der Waals surface area contributed by atoms with Crippen LogP contribution >= 0.6 is 11.3 Å². The van der Waals surface area contributed by atoms with Gasteiger partial charge in [-0.2, -0.15) is 0 Å². The third-order valence-electron chi connectivity index (χ3n) is 5.01. The summed E-state index contributed by atoms with van der Waals surface area (Å²) < 4.78 is 5.92. The highest BCUT2D eigenvalue weighted by molar-refractivity contribution is 7.09. The fraction of sp³-hybridized carbons (Fsp3) is 0.750. The fourth-order valence-electron chi connectivity index (χ4n) is 3.80. The van der Waals surface area contributed by atoms with E-state index < -0.39 is 0 Å². The van der Waals surface area contributed by atoms with Crippen molar-refractivity contribution in [3.05, 3.63) is 22.4 Å². The van der Waals surface area contributed by atoms with E-state index in [1.807, 2.05) is 11.3 Å². The van der Waals surface area contributed by atoms with Gasteiger partial charge in [0.2, 0.25) is 0 Å². The molecule has 3 heteroatoms. The van der Waals surface area contributed by atoms with Gasteiger partial charge in [-0.15, -0.1) is 11.3 Å². The monoisotopic (exact) mass is 279 g/mol. The Morgan fingerprint density at radius 1 is 1.53 bits per heavy atom. The normalized spacial score (nSPS) is 29.8. The molecule has 0 saturated heterocycles. The number of hydrogen-bond donors (Lipinski definition) is 1. The van der Waals surface area contributed by atoms with Gasteiger partial charge < -0.3 is 10.1 Å². The van der Waals surface area contributed by atoms with E-state index >= 15 is 0 Å². The molecule has 3 rings (SSSR count). The van der Waals surface area contributed by atoms with Gasteiger partial charge in [0.1, 0.15) is 0 Å². The first-order valence-electron chi connectivity index (χ1n) is 7.64. The molecule has 1 heterocycles. The molecule has 1 aromatic heterocycles. The third kappa shape index (κ3) is 2.48. The summed E-state index contributed by atoms with van der Waals surface area (Å²) >= 11 is 1.87. The Kier molecular flexibility index (Phi) is 3.97. The standard InChI is InChI=1S/C16H25NOS/c1-3-18-15-11-14(16(15)7-5-8-16)17-12(2)10-13-6-4-9-19-13/h4,6,9,12,14-15,17H,3,5,7-8,10-11H2,1-2H3. The molecule has 19 heavy (non-hydrogen) atoms. The summed E-state index contributed by atoms with van der Waals surface area (Å²) in [6, 6.07) is 5.65. The summed E-state index contributed by atoms with van der Waals surface area (Å²) in [5.74, 6) is 0. The molecule has 0 aromatic carbocycles. The highest BCUT2D eigenvalue weighted by atomic mass is 32.1. The van der Waals surface area contributed by atoms with E-state index in [0.717, 1.165) is 13.0 Å². The molecule has 1 spiro atoms. The van der Waals surface area contributed by atoms with Crippen LogP contribution in [0, 0.1) is 5.41 Å². The molecule has 0 aliphatic heterocycles. The smallest absolute Gasteiger partial charge is 0.0661 e. The van der Waals surface area contributed by atoms with Crippen LogP contribution in [-0.2, 0) is 11.2 Å². The Morgan fingerprint density at radius 2 is 2.37 bits per heavy atom. The number of hydrogen-bond acceptors (Lipinski definition) is 3. The second-order valence-corrected chi connectivity index (χ2v) is 7.20. The molecule has 2 nitrogen and oxygen atoms in total. The molecule has 3 unspecified atom stereocenters. The van der Waals surface area contributed by atoms with Crippen molar-refractivity contribution in [2.45, 2.75) is 64.1 Å². The van der Waals surface area contributed by atoms with E-state index in [-0.39, 0.29) is 0 Å². The van der Waals surface area contributed by atoms with Crippen molar-refractivity contribution in [2.75, 3.05) is 6.61 Å². The van der Waals surface area contributed by atoms with E-state index in [2.05, 4.69) is 36.7 Å². The predicted octanol–water partition coefficient (Wildman–Crippen LogP) is 3.62. The van der Waals surface area contributed by atoms with Gasteiger partial charge >= 0.3 is 0 Å². The summed E-state index contributed by atoms with van der Waals surface area (Å²) in [6.45, 7) is 5.30. The summed E-state index contributed by atoms with van der Waals surface area (Å²) in [6.07, 6.45) is 7.01. The highest BCUT2D eigenvalue weighted by Crippen LogP contribution is 2.57. The molecule has 106 valence electrons. The first-order valence-corrected chi connectivity index (χ1v) is 8.52. The van der Waals surface area contributed by atoms with Crippen molar-refractivity contribution in [3.63, 3.8) is 0 Å². The van der Waals surface area contributed by atoms with Gasteiger partial charge in [0.05, 0.1) is 6.10 Å². The number of thiophene rings is 1. The molecule has 0 radical (unpaired) electrons. The second-order valence-electron chi connectivity index (χ2n) is 6.17. The first-order chi connectivity index (χ1) is 9.24. The van der Waals surface area contributed by atoms with E-state index in [4.69, 9.17) is 4.74 Å². The summed E-state index contributed by atoms with van der Waals surface area (Å²) in [4.78, 5) is 1.49. The minimum absolute atomic E-state index is 0.486. The van der Waals surface area contributed by atoms with E-state index in [0.29, 0.717) is 23.6 Å². The molecular weight excluding hydrogens is 254 g/mol. The number of rotatable bonds is 6.